The van der Waals surface area contributed by atoms with Gasteiger partial charge in [0.05, 0.1) is 5.88 Å². The first-order valence-corrected chi connectivity index (χ1v) is 19.2. The first-order chi connectivity index (χ1) is 24.4. The molecule has 3 N–H and O–H groups in total. The molecule has 3 amide bonds. The Bertz CT molecular complexity index is 1880. The maximum Gasteiger partial charge on any atom is 0.415 e. The number of rotatable bonds is 9. The van der Waals surface area contributed by atoms with E-state index in [4.69, 9.17) is 15.2 Å². The van der Waals surface area contributed by atoms with Crippen molar-refractivity contribution in [1.29, 1.82) is 0 Å². The predicted molar refractivity (Wildman–Crippen MR) is 196 cm³/mol. The number of carbonyl (C=O) groups excluding carboxylic acids is 4. The van der Waals surface area contributed by atoms with Crippen LogP contribution in [0.2, 0.25) is 0 Å². The number of nitrogens with two attached hydrogens (primary N) is 1. The van der Waals surface area contributed by atoms with Crippen molar-refractivity contribution in [1.82, 2.24) is 24.4 Å². The van der Waals surface area contributed by atoms with Crippen LogP contribution in [0.1, 0.15) is 50.5 Å². The van der Waals surface area contributed by atoms with Crippen LogP contribution < -0.4 is 15.8 Å². The minimum absolute atomic E-state index is 0.0223. The fraction of sp³-hybridized carbons (Fsp3) is 0.417. The molecule has 0 saturated carbocycles. The normalized spacial score (nSPS) is 18.4. The molecule has 0 spiro atoms. The molecule has 2 saturated heterocycles. The van der Waals surface area contributed by atoms with E-state index in [-0.39, 0.29) is 28.8 Å². The quantitative estimate of drug-likeness (QED) is 0.241. The summed E-state index contributed by atoms with van der Waals surface area (Å²) in [5.74, 6) is -1.15. The Morgan fingerprint density at radius 2 is 1.62 bits per heavy atom. The van der Waals surface area contributed by atoms with Gasteiger partial charge in [0, 0.05) is 61.0 Å². The lowest BCUT2D eigenvalue weighted by molar-refractivity contribution is -0.158. The number of hydrogen-bond donors (Lipinski definition) is 2. The van der Waals surface area contributed by atoms with E-state index in [0.717, 1.165) is 4.31 Å². The molecule has 1 aromatic heterocycles. The molecule has 278 valence electrons. The summed E-state index contributed by atoms with van der Waals surface area (Å²) in [5.41, 5.74) is 6.59. The average molecular weight is 753 g/mol. The summed E-state index contributed by atoms with van der Waals surface area (Å²) >= 11 is 1.32. The number of piperazine rings is 1. The van der Waals surface area contributed by atoms with Crippen molar-refractivity contribution >= 4 is 51.3 Å². The Kier molecular flexibility index (Phi) is 11.5. The largest absolute Gasteiger partial charge is 0.458 e. The van der Waals surface area contributed by atoms with Crippen molar-refractivity contribution in [2.24, 2.45) is 0 Å². The Balaban J connectivity index is 1.24. The number of amides is 3. The van der Waals surface area contributed by atoms with E-state index < -0.39 is 50.4 Å². The van der Waals surface area contributed by atoms with Crippen LogP contribution in [-0.2, 0) is 30.8 Å². The Labute approximate surface area is 308 Å². The van der Waals surface area contributed by atoms with Crippen LogP contribution in [-0.4, -0.2) is 106 Å². The number of ether oxygens (including phenoxy) is 2. The minimum atomic E-state index is -4.08. The number of pyridine rings is 1. The second-order valence-corrected chi connectivity index (χ2v) is 17.6. The zero-order valence-corrected chi connectivity index (χ0v) is 31.4. The standard InChI is InChI=1S/C36H44N6O8S2/c1-35(2,3)50-33(45)29(39-31(43)30-36(4,5)51-23-42(30)52(47,48)28-7-6-16-38-22-28)21-24-8-14-27(15-9-24)49-34(46)41-19-17-40(18-20-41)32(44)25-10-12-26(37)13-11-25/h6-16,22,29-30H,17-21,23,37H2,1-5H3,(H,39,43)/t29-,30+/m0/s1. The summed E-state index contributed by atoms with van der Waals surface area (Å²) in [5, 5.41) is 2.78. The van der Waals surface area contributed by atoms with Crippen molar-refractivity contribution in [3.8, 4) is 5.75 Å². The van der Waals surface area contributed by atoms with Gasteiger partial charge in [-0.1, -0.05) is 12.1 Å². The van der Waals surface area contributed by atoms with Crippen molar-refractivity contribution in [2.45, 2.75) is 68.4 Å². The number of benzene rings is 2. The summed E-state index contributed by atoms with van der Waals surface area (Å²) in [6.07, 6.45) is 2.16. The van der Waals surface area contributed by atoms with Crippen LogP contribution >= 0.6 is 11.8 Å². The lowest BCUT2D eigenvalue weighted by atomic mass is 10.0. The highest BCUT2D eigenvalue weighted by molar-refractivity contribution is 8.02. The number of hydrogen-bond acceptors (Lipinski definition) is 11. The average Bonchev–Trinajstić information content (AvgIpc) is 3.44. The number of aromatic nitrogens is 1. The van der Waals surface area contributed by atoms with E-state index in [1.165, 1.54) is 41.2 Å². The monoisotopic (exact) mass is 752 g/mol. The van der Waals surface area contributed by atoms with Crippen molar-refractivity contribution < 1.29 is 37.1 Å². The highest BCUT2D eigenvalue weighted by Crippen LogP contribution is 2.42. The topological polar surface area (TPSA) is 182 Å². The molecule has 2 aliphatic rings. The number of sulfonamides is 1. The second-order valence-electron chi connectivity index (χ2n) is 14.1. The van der Waals surface area contributed by atoms with Crippen LogP contribution in [0.15, 0.2) is 78.0 Å². The molecule has 2 atom stereocenters. The molecule has 2 aromatic carbocycles. The molecular weight excluding hydrogens is 709 g/mol. The molecule has 0 unspecified atom stereocenters. The van der Waals surface area contributed by atoms with Gasteiger partial charge < -0.3 is 30.3 Å². The van der Waals surface area contributed by atoms with Crippen LogP contribution in [0, 0.1) is 0 Å². The zero-order chi connectivity index (χ0) is 37.8. The summed E-state index contributed by atoms with van der Waals surface area (Å²) in [7, 11) is -4.08. The molecule has 3 heterocycles. The zero-order valence-electron chi connectivity index (χ0n) is 29.8. The summed E-state index contributed by atoms with van der Waals surface area (Å²) in [4.78, 5) is 60.2. The number of nitrogens with one attached hydrogen (secondary N) is 1. The molecule has 2 fully saturated rings. The Hall–Kier alpha value is -4.67. The van der Waals surface area contributed by atoms with Crippen LogP contribution in [0.25, 0.3) is 0 Å². The molecule has 5 rings (SSSR count). The third-order valence-electron chi connectivity index (χ3n) is 8.56. The molecule has 52 heavy (non-hydrogen) atoms. The number of thioether (sulfide) groups is 1. The summed E-state index contributed by atoms with van der Waals surface area (Å²) in [6.45, 7) is 9.99. The number of nitrogen functional groups attached to an aromatic ring is 1. The van der Waals surface area contributed by atoms with Gasteiger partial charge >= 0.3 is 12.1 Å². The summed E-state index contributed by atoms with van der Waals surface area (Å²) in [6, 6.07) is 13.8. The van der Waals surface area contributed by atoms with Gasteiger partial charge in [-0.05, 0) is 88.7 Å². The van der Waals surface area contributed by atoms with E-state index in [9.17, 15) is 27.6 Å². The molecule has 14 nitrogen and oxygen atoms in total. The number of carbonyl (C=O) groups is 4. The SMILES string of the molecule is CC(C)(C)OC(=O)[C@H](Cc1ccc(OC(=O)N2CCN(C(=O)c3ccc(N)cc3)CC2)cc1)NC(=O)[C@H]1N(S(=O)(=O)c2cccnc2)CSC1(C)C. The molecule has 0 radical (unpaired) electrons. The first kappa shape index (κ1) is 38.6. The number of anilines is 1. The van der Waals surface area contributed by atoms with Gasteiger partial charge in [-0.25, -0.2) is 18.0 Å². The maximum atomic E-state index is 13.9. The fourth-order valence-corrected chi connectivity index (χ4v) is 8.97. The third kappa shape index (κ3) is 9.21. The number of esters is 1. The van der Waals surface area contributed by atoms with Gasteiger partial charge in [-0.15, -0.1) is 11.8 Å². The van der Waals surface area contributed by atoms with E-state index in [1.807, 2.05) is 0 Å². The molecule has 3 aromatic rings. The lowest BCUT2D eigenvalue weighted by Gasteiger charge is -2.34. The Morgan fingerprint density at radius 3 is 2.21 bits per heavy atom. The molecule has 16 heteroatoms. The second kappa shape index (κ2) is 15.5. The summed E-state index contributed by atoms with van der Waals surface area (Å²) < 4.78 is 38.7. The van der Waals surface area contributed by atoms with Gasteiger partial charge in [-0.2, -0.15) is 4.31 Å². The van der Waals surface area contributed by atoms with Gasteiger partial charge in [0.2, 0.25) is 15.9 Å². The van der Waals surface area contributed by atoms with Crippen molar-refractivity contribution in [3.05, 3.63) is 84.2 Å². The molecule has 0 bridgehead atoms. The number of nitrogens with zero attached hydrogens (tertiary/aromatic N) is 4. The molecule has 0 aliphatic carbocycles. The van der Waals surface area contributed by atoms with Gasteiger partial charge in [0.15, 0.2) is 0 Å². The van der Waals surface area contributed by atoms with Gasteiger partial charge in [0.25, 0.3) is 5.91 Å². The van der Waals surface area contributed by atoms with Crippen LogP contribution in [0.3, 0.4) is 0 Å². The van der Waals surface area contributed by atoms with Crippen molar-refractivity contribution in [2.75, 3.05) is 37.8 Å². The van der Waals surface area contributed by atoms with Crippen LogP contribution in [0.5, 0.6) is 5.75 Å². The van der Waals surface area contributed by atoms with Crippen LogP contribution in [0.4, 0.5) is 10.5 Å². The molecular formula is C36H44N6O8S2. The van der Waals surface area contributed by atoms with Gasteiger partial charge in [-0.3, -0.25) is 14.6 Å². The fourth-order valence-electron chi connectivity index (χ4n) is 5.83. The lowest BCUT2D eigenvalue weighted by Crippen LogP contribution is -2.57. The smallest absolute Gasteiger partial charge is 0.415 e. The van der Waals surface area contributed by atoms with Gasteiger partial charge in [0.1, 0.15) is 28.3 Å². The highest BCUT2D eigenvalue weighted by atomic mass is 32.2. The molecule has 2 aliphatic heterocycles. The van der Waals surface area contributed by atoms with E-state index in [0.29, 0.717) is 43.0 Å². The van der Waals surface area contributed by atoms with E-state index in [2.05, 4.69) is 10.3 Å². The van der Waals surface area contributed by atoms with E-state index >= 15 is 0 Å². The third-order valence-corrected chi connectivity index (χ3v) is 11.9. The predicted octanol–water partition coefficient (Wildman–Crippen LogP) is 3.53. The first-order valence-electron chi connectivity index (χ1n) is 16.7. The van der Waals surface area contributed by atoms with E-state index in [1.54, 1.807) is 88.0 Å². The minimum Gasteiger partial charge on any atom is -0.458 e. The Morgan fingerprint density at radius 1 is 0.981 bits per heavy atom. The van der Waals surface area contributed by atoms with Crippen molar-refractivity contribution in [3.63, 3.8) is 0 Å². The maximum absolute atomic E-state index is 13.9. The highest BCUT2D eigenvalue weighted by Gasteiger charge is 2.51.